The molecule has 0 radical (unpaired) electrons. The molecule has 0 bridgehead atoms. The Bertz CT molecular complexity index is 513. The molecule has 0 fully saturated rings. The van der Waals surface area contributed by atoms with E-state index in [0.717, 1.165) is 0 Å². The second kappa shape index (κ2) is 4.21. The van der Waals surface area contributed by atoms with Gasteiger partial charge in [-0.1, -0.05) is 0 Å². The van der Waals surface area contributed by atoms with Crippen LogP contribution in [-0.2, 0) is 19.9 Å². The van der Waals surface area contributed by atoms with E-state index in [0.29, 0.717) is 17.0 Å². The molecule has 1 aromatic carbocycles. The third kappa shape index (κ3) is 1.75. The van der Waals surface area contributed by atoms with Crippen molar-refractivity contribution in [3.05, 3.63) is 23.8 Å². The maximum Gasteiger partial charge on any atom is 0.509 e. The second-order valence-corrected chi connectivity index (χ2v) is 3.96. The standard InChI is InChI=1S/C12H13NO5/c1-12(18-11(15)17-3)8-6-7(16-2)4-5-9(8)13-10(12)14/h4-6H,1-3H3,(H,13,14). The van der Waals surface area contributed by atoms with E-state index in [9.17, 15) is 9.59 Å². The van der Waals surface area contributed by atoms with Gasteiger partial charge in [-0.05, 0) is 25.1 Å². The third-order valence-electron chi connectivity index (χ3n) is 2.88. The van der Waals surface area contributed by atoms with Gasteiger partial charge in [-0.3, -0.25) is 4.79 Å². The van der Waals surface area contributed by atoms with Crippen LogP contribution in [0.3, 0.4) is 0 Å². The zero-order valence-corrected chi connectivity index (χ0v) is 10.3. The van der Waals surface area contributed by atoms with Crippen molar-refractivity contribution < 1.29 is 23.8 Å². The van der Waals surface area contributed by atoms with Crippen molar-refractivity contribution in [3.63, 3.8) is 0 Å². The molecule has 0 aliphatic carbocycles. The van der Waals surface area contributed by atoms with Crippen LogP contribution in [0.4, 0.5) is 10.5 Å². The van der Waals surface area contributed by atoms with E-state index >= 15 is 0 Å². The predicted octanol–water partition coefficient (Wildman–Crippen LogP) is 1.65. The number of carbonyl (C=O) groups excluding carboxylic acids is 2. The Morgan fingerprint density at radius 3 is 2.67 bits per heavy atom. The smallest absolute Gasteiger partial charge is 0.497 e. The minimum Gasteiger partial charge on any atom is -0.497 e. The minimum atomic E-state index is -1.41. The molecule has 96 valence electrons. The van der Waals surface area contributed by atoms with Crippen LogP contribution in [0.15, 0.2) is 18.2 Å². The van der Waals surface area contributed by atoms with Gasteiger partial charge in [-0.2, -0.15) is 0 Å². The molecule has 1 aromatic rings. The number of methoxy groups -OCH3 is 2. The van der Waals surface area contributed by atoms with Gasteiger partial charge in [0.15, 0.2) is 0 Å². The molecule has 0 aromatic heterocycles. The van der Waals surface area contributed by atoms with E-state index < -0.39 is 17.7 Å². The molecule has 2 rings (SSSR count). The third-order valence-corrected chi connectivity index (χ3v) is 2.88. The molecule has 6 heteroatoms. The van der Waals surface area contributed by atoms with Gasteiger partial charge < -0.3 is 19.5 Å². The molecule has 0 saturated heterocycles. The summed E-state index contributed by atoms with van der Waals surface area (Å²) < 4.78 is 14.6. The number of hydrogen-bond donors (Lipinski definition) is 1. The second-order valence-electron chi connectivity index (χ2n) is 3.96. The predicted molar refractivity (Wildman–Crippen MR) is 62.5 cm³/mol. The first-order chi connectivity index (χ1) is 8.51. The molecule has 0 saturated carbocycles. The fraction of sp³-hybridized carbons (Fsp3) is 0.333. The van der Waals surface area contributed by atoms with Gasteiger partial charge in [-0.15, -0.1) is 0 Å². The average molecular weight is 251 g/mol. The van der Waals surface area contributed by atoms with E-state index in [4.69, 9.17) is 9.47 Å². The molecule has 1 amide bonds. The van der Waals surface area contributed by atoms with Crippen molar-refractivity contribution in [3.8, 4) is 5.75 Å². The lowest BCUT2D eigenvalue weighted by atomic mass is 9.97. The molecule has 1 atom stereocenters. The summed E-state index contributed by atoms with van der Waals surface area (Å²) in [6, 6.07) is 5.05. The Balaban J connectivity index is 2.44. The van der Waals surface area contributed by atoms with Gasteiger partial charge in [0.25, 0.3) is 5.91 Å². The van der Waals surface area contributed by atoms with Crippen LogP contribution in [-0.4, -0.2) is 26.3 Å². The lowest BCUT2D eigenvalue weighted by Gasteiger charge is -2.21. The van der Waals surface area contributed by atoms with Crippen LogP contribution in [0, 0.1) is 0 Å². The van der Waals surface area contributed by atoms with Crippen molar-refractivity contribution in [2.45, 2.75) is 12.5 Å². The van der Waals surface area contributed by atoms with Crippen molar-refractivity contribution in [1.29, 1.82) is 0 Å². The summed E-state index contributed by atoms with van der Waals surface area (Å²) in [4.78, 5) is 23.1. The lowest BCUT2D eigenvalue weighted by Crippen LogP contribution is -2.36. The summed E-state index contributed by atoms with van der Waals surface area (Å²) in [5.41, 5.74) is -0.277. The van der Waals surface area contributed by atoms with E-state index in [1.54, 1.807) is 18.2 Å². The molecule has 1 N–H and O–H groups in total. The Morgan fingerprint density at radius 2 is 2.06 bits per heavy atom. The molecule has 0 spiro atoms. The maximum atomic E-state index is 11.9. The summed E-state index contributed by atoms with van der Waals surface area (Å²) >= 11 is 0. The molecular formula is C12H13NO5. The Morgan fingerprint density at radius 1 is 1.33 bits per heavy atom. The number of anilines is 1. The SMILES string of the molecule is COC(=O)OC1(C)C(=O)Nc2ccc(OC)cc21. The van der Waals surface area contributed by atoms with Crippen LogP contribution in [0.25, 0.3) is 0 Å². The quantitative estimate of drug-likeness (QED) is 0.809. The van der Waals surface area contributed by atoms with Gasteiger partial charge >= 0.3 is 6.16 Å². The molecule has 1 unspecified atom stereocenters. The number of nitrogens with one attached hydrogen (secondary N) is 1. The highest BCUT2D eigenvalue weighted by Crippen LogP contribution is 2.40. The number of amides is 1. The lowest BCUT2D eigenvalue weighted by molar-refractivity contribution is -0.134. The monoisotopic (exact) mass is 251 g/mol. The molecule has 1 aliphatic heterocycles. The summed E-state index contributed by atoms with van der Waals surface area (Å²) in [6.07, 6.45) is -0.914. The van der Waals surface area contributed by atoms with Crippen molar-refractivity contribution >= 4 is 17.7 Å². The van der Waals surface area contributed by atoms with Gasteiger partial charge in [-0.25, -0.2) is 4.79 Å². The van der Waals surface area contributed by atoms with Crippen LogP contribution in [0.2, 0.25) is 0 Å². The minimum absolute atomic E-state index is 0.420. The number of ether oxygens (including phenoxy) is 3. The Labute approximate surface area is 104 Å². The van der Waals surface area contributed by atoms with Crippen LogP contribution < -0.4 is 10.1 Å². The number of fused-ring (bicyclic) bond motifs is 1. The van der Waals surface area contributed by atoms with Crippen molar-refractivity contribution in [1.82, 2.24) is 0 Å². The topological polar surface area (TPSA) is 73.9 Å². The van der Waals surface area contributed by atoms with Gasteiger partial charge in [0.1, 0.15) is 5.75 Å². The molecule has 1 aliphatic rings. The van der Waals surface area contributed by atoms with Gasteiger partial charge in [0, 0.05) is 11.3 Å². The zero-order chi connectivity index (χ0) is 13.3. The highest BCUT2D eigenvalue weighted by Gasteiger charge is 2.47. The van der Waals surface area contributed by atoms with E-state index in [1.165, 1.54) is 21.1 Å². The fourth-order valence-electron chi connectivity index (χ4n) is 1.83. The van der Waals surface area contributed by atoms with Crippen molar-refractivity contribution in [2.24, 2.45) is 0 Å². The number of benzene rings is 1. The van der Waals surface area contributed by atoms with Crippen LogP contribution in [0.5, 0.6) is 5.75 Å². The molecule has 18 heavy (non-hydrogen) atoms. The zero-order valence-electron chi connectivity index (χ0n) is 10.3. The van der Waals surface area contributed by atoms with Crippen LogP contribution >= 0.6 is 0 Å². The highest BCUT2D eigenvalue weighted by molar-refractivity contribution is 6.05. The fourth-order valence-corrected chi connectivity index (χ4v) is 1.83. The van der Waals surface area contributed by atoms with Crippen LogP contribution in [0.1, 0.15) is 12.5 Å². The first-order valence-electron chi connectivity index (χ1n) is 5.28. The summed E-state index contributed by atoms with van der Waals surface area (Å²) in [5.74, 6) is 0.154. The van der Waals surface area contributed by atoms with Gasteiger partial charge in [0.2, 0.25) is 5.60 Å². The normalized spacial score (nSPS) is 20.9. The summed E-state index contributed by atoms with van der Waals surface area (Å²) in [5, 5.41) is 2.64. The van der Waals surface area contributed by atoms with E-state index in [-0.39, 0.29) is 0 Å². The van der Waals surface area contributed by atoms with Crippen molar-refractivity contribution in [2.75, 3.05) is 19.5 Å². The summed E-state index contributed by atoms with van der Waals surface area (Å²) in [6.45, 7) is 1.50. The van der Waals surface area contributed by atoms with Gasteiger partial charge in [0.05, 0.1) is 14.2 Å². The highest BCUT2D eigenvalue weighted by atomic mass is 16.7. The average Bonchev–Trinajstić information content (AvgIpc) is 2.61. The number of hydrogen-bond acceptors (Lipinski definition) is 5. The molecule has 6 nitrogen and oxygen atoms in total. The van der Waals surface area contributed by atoms with E-state index in [2.05, 4.69) is 10.1 Å². The number of rotatable bonds is 2. The first kappa shape index (κ1) is 12.2. The Hall–Kier alpha value is -2.24. The summed E-state index contributed by atoms with van der Waals surface area (Å²) in [7, 11) is 2.70. The molecule has 1 heterocycles. The molecular weight excluding hydrogens is 238 g/mol. The Kier molecular flexibility index (Phi) is 2.86. The number of carbonyl (C=O) groups is 2. The largest absolute Gasteiger partial charge is 0.509 e. The van der Waals surface area contributed by atoms with E-state index in [1.807, 2.05) is 0 Å². The maximum absolute atomic E-state index is 11.9. The first-order valence-corrected chi connectivity index (χ1v) is 5.28.